The van der Waals surface area contributed by atoms with Crippen LogP contribution in [0.25, 0.3) is 0 Å². The molecular formula is C12H13N3O5S. The minimum atomic E-state index is -4.05. The maximum Gasteiger partial charge on any atom is 0.340 e. The zero-order valence-electron chi connectivity index (χ0n) is 11.3. The summed E-state index contributed by atoms with van der Waals surface area (Å²) in [7, 11) is -4.05. The Hall–Kier alpha value is -2.26. The molecule has 112 valence electrons. The number of hydrogen-bond donors (Lipinski definition) is 2. The Bertz CT molecular complexity index is 768. The second-order valence-corrected chi connectivity index (χ2v) is 5.92. The third-order valence-corrected chi connectivity index (χ3v) is 4.28. The molecule has 2 N–H and O–H groups in total. The lowest BCUT2D eigenvalue weighted by atomic mass is 10.2. The standard InChI is InChI=1S/C12H13N3O5S/c1-7-10(12(16)17)11(8(2)20-7)21(18,19)15-6-9-13-4-3-5-14-9/h3-5,15H,6H2,1-2H3,(H,16,17). The fourth-order valence-electron chi connectivity index (χ4n) is 1.89. The van der Waals surface area contributed by atoms with E-state index in [2.05, 4.69) is 14.7 Å². The van der Waals surface area contributed by atoms with Crippen molar-refractivity contribution in [2.45, 2.75) is 25.3 Å². The molecule has 0 saturated carbocycles. The van der Waals surface area contributed by atoms with Crippen LogP contribution in [0.3, 0.4) is 0 Å². The molecule has 0 atom stereocenters. The van der Waals surface area contributed by atoms with Gasteiger partial charge in [0.2, 0.25) is 10.0 Å². The van der Waals surface area contributed by atoms with Crippen molar-refractivity contribution in [1.82, 2.24) is 14.7 Å². The molecule has 0 spiro atoms. The predicted molar refractivity (Wildman–Crippen MR) is 71.2 cm³/mol. The van der Waals surface area contributed by atoms with Crippen LogP contribution in [0.15, 0.2) is 27.8 Å². The van der Waals surface area contributed by atoms with Crippen LogP contribution >= 0.6 is 0 Å². The van der Waals surface area contributed by atoms with Crippen LogP contribution in [-0.4, -0.2) is 29.5 Å². The smallest absolute Gasteiger partial charge is 0.340 e. The monoisotopic (exact) mass is 311 g/mol. The van der Waals surface area contributed by atoms with E-state index in [4.69, 9.17) is 9.52 Å². The maximum atomic E-state index is 12.3. The van der Waals surface area contributed by atoms with Crippen LogP contribution in [0.4, 0.5) is 0 Å². The molecule has 0 saturated heterocycles. The Morgan fingerprint density at radius 2 is 1.90 bits per heavy atom. The topological polar surface area (TPSA) is 122 Å². The Morgan fingerprint density at radius 1 is 1.29 bits per heavy atom. The van der Waals surface area contributed by atoms with Gasteiger partial charge in [-0.1, -0.05) is 0 Å². The molecule has 0 bridgehead atoms. The Balaban J connectivity index is 2.34. The van der Waals surface area contributed by atoms with Crippen molar-refractivity contribution in [3.05, 3.63) is 41.4 Å². The molecule has 2 heterocycles. The van der Waals surface area contributed by atoms with Gasteiger partial charge in [-0.25, -0.2) is 27.9 Å². The highest BCUT2D eigenvalue weighted by Crippen LogP contribution is 2.26. The highest BCUT2D eigenvalue weighted by atomic mass is 32.2. The molecule has 0 aromatic carbocycles. The van der Waals surface area contributed by atoms with Crippen LogP contribution in [0, 0.1) is 13.8 Å². The van der Waals surface area contributed by atoms with Crippen molar-refractivity contribution >= 4 is 16.0 Å². The van der Waals surface area contributed by atoms with Gasteiger partial charge in [0.1, 0.15) is 27.8 Å². The molecule has 21 heavy (non-hydrogen) atoms. The zero-order valence-corrected chi connectivity index (χ0v) is 12.1. The quantitative estimate of drug-likeness (QED) is 0.839. The number of aromatic carboxylic acids is 1. The summed E-state index contributed by atoms with van der Waals surface area (Å²) in [6.07, 6.45) is 2.96. The van der Waals surface area contributed by atoms with E-state index in [-0.39, 0.29) is 34.3 Å². The fraction of sp³-hybridized carbons (Fsp3) is 0.250. The summed E-state index contributed by atoms with van der Waals surface area (Å²) in [6, 6.07) is 1.60. The van der Waals surface area contributed by atoms with Crippen LogP contribution in [-0.2, 0) is 16.6 Å². The maximum absolute atomic E-state index is 12.3. The molecule has 0 aliphatic heterocycles. The first-order valence-corrected chi connectivity index (χ1v) is 7.40. The van der Waals surface area contributed by atoms with Crippen molar-refractivity contribution in [1.29, 1.82) is 0 Å². The summed E-state index contributed by atoms with van der Waals surface area (Å²) in [6.45, 7) is 2.65. The average Bonchev–Trinajstić information content (AvgIpc) is 2.73. The van der Waals surface area contributed by atoms with Crippen molar-refractivity contribution < 1.29 is 22.7 Å². The number of carboxylic acid groups (broad SMARTS) is 1. The number of aryl methyl sites for hydroxylation is 2. The normalized spacial score (nSPS) is 11.5. The van der Waals surface area contributed by atoms with Gasteiger partial charge in [0.15, 0.2) is 0 Å². The highest BCUT2D eigenvalue weighted by molar-refractivity contribution is 7.89. The average molecular weight is 311 g/mol. The minimum absolute atomic E-state index is 0.0198. The van der Waals surface area contributed by atoms with E-state index in [0.29, 0.717) is 0 Å². The summed E-state index contributed by atoms with van der Waals surface area (Å²) in [5.74, 6) is -1.03. The molecule has 2 aromatic heterocycles. The van der Waals surface area contributed by atoms with E-state index >= 15 is 0 Å². The Morgan fingerprint density at radius 3 is 2.48 bits per heavy atom. The van der Waals surface area contributed by atoms with Gasteiger partial charge in [0.25, 0.3) is 0 Å². The number of sulfonamides is 1. The first kappa shape index (κ1) is 15.1. The number of nitrogens with one attached hydrogen (secondary N) is 1. The molecule has 2 aromatic rings. The predicted octanol–water partition coefficient (Wildman–Crippen LogP) is 0.863. The first-order valence-electron chi connectivity index (χ1n) is 5.91. The molecule has 9 heteroatoms. The summed E-state index contributed by atoms with van der Waals surface area (Å²) in [5, 5.41) is 9.13. The van der Waals surface area contributed by atoms with Crippen molar-refractivity contribution in [2.24, 2.45) is 0 Å². The second-order valence-electron chi connectivity index (χ2n) is 4.21. The molecule has 2 rings (SSSR count). The van der Waals surface area contributed by atoms with Gasteiger partial charge >= 0.3 is 5.97 Å². The Labute approximate surface area is 120 Å². The Kier molecular flexibility index (Phi) is 4.05. The van der Waals surface area contributed by atoms with Crippen molar-refractivity contribution in [3.63, 3.8) is 0 Å². The van der Waals surface area contributed by atoms with Crippen molar-refractivity contribution in [2.75, 3.05) is 0 Å². The zero-order chi connectivity index (χ0) is 15.6. The molecule has 0 aliphatic carbocycles. The number of rotatable bonds is 5. The SMILES string of the molecule is Cc1oc(C)c(S(=O)(=O)NCc2ncccn2)c1C(=O)O. The fourth-order valence-corrected chi connectivity index (χ4v) is 3.27. The van der Waals surface area contributed by atoms with Gasteiger partial charge in [-0.05, 0) is 19.9 Å². The third-order valence-electron chi connectivity index (χ3n) is 2.73. The van der Waals surface area contributed by atoms with E-state index in [0.717, 1.165) is 0 Å². The lowest BCUT2D eigenvalue weighted by Gasteiger charge is -2.06. The number of nitrogens with zero attached hydrogens (tertiary/aromatic N) is 2. The van der Waals surface area contributed by atoms with Crippen LogP contribution in [0.2, 0.25) is 0 Å². The van der Waals surface area contributed by atoms with Gasteiger partial charge < -0.3 is 9.52 Å². The molecule has 8 nitrogen and oxygen atoms in total. The molecule has 0 radical (unpaired) electrons. The van der Waals surface area contributed by atoms with E-state index in [1.54, 1.807) is 6.07 Å². The largest absolute Gasteiger partial charge is 0.478 e. The number of carboxylic acids is 1. The lowest BCUT2D eigenvalue weighted by molar-refractivity contribution is 0.0691. The first-order chi connectivity index (χ1) is 9.83. The summed E-state index contributed by atoms with van der Waals surface area (Å²) in [4.78, 5) is 18.6. The van der Waals surface area contributed by atoms with E-state index in [1.807, 2.05) is 0 Å². The van der Waals surface area contributed by atoms with E-state index in [1.165, 1.54) is 26.2 Å². The molecule has 0 fully saturated rings. The van der Waals surface area contributed by atoms with Gasteiger partial charge in [-0.3, -0.25) is 0 Å². The number of carbonyl (C=O) groups is 1. The number of furan rings is 1. The van der Waals surface area contributed by atoms with Gasteiger partial charge in [-0.15, -0.1) is 0 Å². The van der Waals surface area contributed by atoms with Gasteiger partial charge in [0, 0.05) is 12.4 Å². The third kappa shape index (κ3) is 3.09. The van der Waals surface area contributed by atoms with Crippen molar-refractivity contribution in [3.8, 4) is 0 Å². The lowest BCUT2D eigenvalue weighted by Crippen LogP contribution is -2.26. The van der Waals surface area contributed by atoms with Gasteiger partial charge in [-0.2, -0.15) is 0 Å². The van der Waals surface area contributed by atoms with E-state index < -0.39 is 16.0 Å². The summed E-state index contributed by atoms with van der Waals surface area (Å²) in [5.41, 5.74) is -0.367. The second kappa shape index (κ2) is 5.62. The molecule has 0 aliphatic rings. The van der Waals surface area contributed by atoms with Crippen LogP contribution < -0.4 is 4.72 Å². The molecular weight excluding hydrogens is 298 g/mol. The highest BCUT2D eigenvalue weighted by Gasteiger charge is 2.30. The summed E-state index contributed by atoms with van der Waals surface area (Å²) < 4.78 is 31.9. The number of hydrogen-bond acceptors (Lipinski definition) is 6. The van der Waals surface area contributed by atoms with E-state index in [9.17, 15) is 13.2 Å². The van der Waals surface area contributed by atoms with Gasteiger partial charge in [0.05, 0.1) is 6.54 Å². The molecule has 0 amide bonds. The van der Waals surface area contributed by atoms with Crippen LogP contribution in [0.5, 0.6) is 0 Å². The summed E-state index contributed by atoms with van der Waals surface area (Å²) >= 11 is 0. The minimum Gasteiger partial charge on any atom is -0.478 e. The van der Waals surface area contributed by atoms with Crippen LogP contribution in [0.1, 0.15) is 27.7 Å². The molecule has 0 unspecified atom stereocenters. The number of aromatic nitrogens is 2.